The highest BCUT2D eigenvalue weighted by molar-refractivity contribution is 6.04. The Balaban J connectivity index is 1.63. The summed E-state index contributed by atoms with van der Waals surface area (Å²) in [4.78, 5) is 38.9. The highest BCUT2D eigenvalue weighted by atomic mass is 16.6. The van der Waals surface area contributed by atoms with Gasteiger partial charge in [-0.3, -0.25) is 19.7 Å². The summed E-state index contributed by atoms with van der Waals surface area (Å²) >= 11 is 0. The van der Waals surface area contributed by atoms with E-state index in [0.29, 0.717) is 25.2 Å². The maximum atomic E-state index is 12.5. The molecule has 0 radical (unpaired) electrons. The number of carbonyl (C=O) groups is 2. The summed E-state index contributed by atoms with van der Waals surface area (Å²) in [5, 5.41) is 13.9. The number of hydrogen-bond acceptors (Lipinski definition) is 6. The van der Waals surface area contributed by atoms with E-state index in [1.165, 1.54) is 25.3 Å². The molecule has 0 unspecified atom stereocenters. The van der Waals surface area contributed by atoms with Crippen molar-refractivity contribution in [3.05, 3.63) is 58.1 Å². The van der Waals surface area contributed by atoms with E-state index in [-0.39, 0.29) is 22.9 Å². The number of nitrogens with one attached hydrogen (secondary N) is 1. The van der Waals surface area contributed by atoms with Gasteiger partial charge in [0.15, 0.2) is 5.75 Å². The molecule has 9 heteroatoms. The molecule has 2 amide bonds. The number of ether oxygens (including phenoxy) is 1. The van der Waals surface area contributed by atoms with Gasteiger partial charge in [-0.1, -0.05) is 6.92 Å². The van der Waals surface area contributed by atoms with Crippen LogP contribution in [0.2, 0.25) is 0 Å². The number of carbonyl (C=O) groups excluding carboxylic acids is 2. The molecule has 9 nitrogen and oxygen atoms in total. The summed E-state index contributed by atoms with van der Waals surface area (Å²) in [6, 6.07) is 11.5. The van der Waals surface area contributed by atoms with E-state index < -0.39 is 10.8 Å². The summed E-state index contributed by atoms with van der Waals surface area (Å²) in [6.45, 7) is 4.77. The van der Waals surface area contributed by atoms with Crippen LogP contribution in [0.15, 0.2) is 42.5 Å². The van der Waals surface area contributed by atoms with Gasteiger partial charge in [0, 0.05) is 55.6 Å². The molecule has 1 heterocycles. The van der Waals surface area contributed by atoms with Crippen LogP contribution in [0.5, 0.6) is 5.75 Å². The fourth-order valence-corrected chi connectivity index (χ4v) is 3.37. The molecule has 0 bridgehead atoms. The Hall–Kier alpha value is -3.62. The smallest absolute Gasteiger partial charge is 0.311 e. The van der Waals surface area contributed by atoms with Gasteiger partial charge >= 0.3 is 5.69 Å². The van der Waals surface area contributed by atoms with E-state index >= 15 is 0 Å². The van der Waals surface area contributed by atoms with E-state index in [1.54, 1.807) is 12.1 Å². The lowest BCUT2D eigenvalue weighted by molar-refractivity contribution is -0.385. The van der Waals surface area contributed by atoms with Gasteiger partial charge in [0.05, 0.1) is 12.0 Å². The van der Waals surface area contributed by atoms with E-state index in [9.17, 15) is 19.7 Å². The normalized spacial score (nSPS) is 13.7. The Bertz CT molecular complexity index is 937. The Kier molecular flexibility index (Phi) is 6.51. The lowest BCUT2D eigenvalue weighted by atomic mass is 10.1. The zero-order chi connectivity index (χ0) is 21.7. The SMILES string of the molecule is CCC(=O)N1CCN(c2ccc(NC(=O)c3ccc(OC)c([N+](=O)[O-])c3)cc2)CC1. The average Bonchev–Trinajstić information content (AvgIpc) is 2.78. The monoisotopic (exact) mass is 412 g/mol. The molecule has 0 spiro atoms. The summed E-state index contributed by atoms with van der Waals surface area (Å²) in [5.41, 5.74) is 1.50. The lowest BCUT2D eigenvalue weighted by Gasteiger charge is -2.36. The topological polar surface area (TPSA) is 105 Å². The molecule has 1 saturated heterocycles. The molecule has 3 rings (SSSR count). The second-order valence-electron chi connectivity index (χ2n) is 6.87. The first-order chi connectivity index (χ1) is 14.4. The highest BCUT2D eigenvalue weighted by Gasteiger charge is 2.21. The minimum Gasteiger partial charge on any atom is -0.490 e. The van der Waals surface area contributed by atoms with Crippen LogP contribution in [-0.4, -0.2) is 54.9 Å². The van der Waals surface area contributed by atoms with Crippen molar-refractivity contribution in [1.29, 1.82) is 0 Å². The number of nitrogens with zero attached hydrogens (tertiary/aromatic N) is 3. The molecule has 1 fully saturated rings. The van der Waals surface area contributed by atoms with Gasteiger partial charge < -0.3 is 19.9 Å². The predicted octanol–water partition coefficient (Wildman–Crippen LogP) is 2.91. The number of benzene rings is 2. The fourth-order valence-electron chi connectivity index (χ4n) is 3.37. The number of anilines is 2. The standard InChI is InChI=1S/C21H24N4O5/c1-3-20(26)24-12-10-23(11-13-24)17-7-5-16(6-8-17)22-21(27)15-4-9-19(30-2)18(14-15)25(28)29/h4-9,14H,3,10-13H2,1-2H3,(H,22,27). The summed E-state index contributed by atoms with van der Waals surface area (Å²) in [6.07, 6.45) is 0.520. The van der Waals surface area contributed by atoms with Crippen LogP contribution >= 0.6 is 0 Å². The fraction of sp³-hybridized carbons (Fsp3) is 0.333. The number of nitro groups is 1. The number of hydrogen-bond donors (Lipinski definition) is 1. The Morgan fingerprint density at radius 2 is 1.77 bits per heavy atom. The third kappa shape index (κ3) is 4.68. The zero-order valence-electron chi connectivity index (χ0n) is 17.0. The van der Waals surface area contributed by atoms with Gasteiger partial charge in [-0.2, -0.15) is 0 Å². The summed E-state index contributed by atoms with van der Waals surface area (Å²) in [7, 11) is 1.34. The number of amides is 2. The van der Waals surface area contributed by atoms with Gasteiger partial charge in [0.1, 0.15) is 0 Å². The molecule has 158 valence electrons. The summed E-state index contributed by atoms with van der Waals surface area (Å²) in [5.74, 6) is -0.173. The maximum absolute atomic E-state index is 12.5. The van der Waals surface area contributed by atoms with Crippen molar-refractivity contribution in [1.82, 2.24) is 4.90 Å². The van der Waals surface area contributed by atoms with Crippen molar-refractivity contribution in [2.45, 2.75) is 13.3 Å². The molecule has 1 aliphatic rings. The maximum Gasteiger partial charge on any atom is 0.311 e. The molecule has 30 heavy (non-hydrogen) atoms. The van der Waals surface area contributed by atoms with Crippen LogP contribution in [0.3, 0.4) is 0 Å². The first-order valence-corrected chi connectivity index (χ1v) is 9.69. The molecular weight excluding hydrogens is 388 g/mol. The third-order valence-corrected chi connectivity index (χ3v) is 5.06. The molecule has 0 aliphatic carbocycles. The Labute approximate surface area is 174 Å². The second kappa shape index (κ2) is 9.25. The molecular formula is C21H24N4O5. The van der Waals surface area contributed by atoms with Crippen LogP contribution in [0.25, 0.3) is 0 Å². The van der Waals surface area contributed by atoms with Crippen molar-refractivity contribution in [2.24, 2.45) is 0 Å². The first kappa shape index (κ1) is 21.1. The average molecular weight is 412 g/mol. The van der Waals surface area contributed by atoms with E-state index in [0.717, 1.165) is 18.8 Å². The minimum atomic E-state index is -0.585. The van der Waals surface area contributed by atoms with Crippen molar-refractivity contribution in [3.8, 4) is 5.75 Å². The van der Waals surface area contributed by atoms with Gasteiger partial charge in [0.2, 0.25) is 5.91 Å². The number of nitro benzene ring substituents is 1. The van der Waals surface area contributed by atoms with Crippen LogP contribution in [0, 0.1) is 10.1 Å². The van der Waals surface area contributed by atoms with E-state index in [2.05, 4.69) is 10.2 Å². The number of piperazine rings is 1. The first-order valence-electron chi connectivity index (χ1n) is 9.69. The van der Waals surface area contributed by atoms with E-state index in [1.807, 2.05) is 24.0 Å². The summed E-state index contributed by atoms with van der Waals surface area (Å²) < 4.78 is 4.96. The van der Waals surface area contributed by atoms with Crippen LogP contribution in [0.1, 0.15) is 23.7 Å². The van der Waals surface area contributed by atoms with Crippen molar-refractivity contribution in [2.75, 3.05) is 43.5 Å². The zero-order valence-corrected chi connectivity index (χ0v) is 17.0. The minimum absolute atomic E-state index is 0.0987. The van der Waals surface area contributed by atoms with Crippen LogP contribution in [-0.2, 0) is 4.79 Å². The second-order valence-corrected chi connectivity index (χ2v) is 6.87. The van der Waals surface area contributed by atoms with Crippen molar-refractivity contribution < 1.29 is 19.2 Å². The van der Waals surface area contributed by atoms with Crippen LogP contribution in [0.4, 0.5) is 17.1 Å². The number of methoxy groups -OCH3 is 1. The molecule has 0 saturated carbocycles. The molecule has 1 N–H and O–H groups in total. The predicted molar refractivity (Wildman–Crippen MR) is 113 cm³/mol. The van der Waals surface area contributed by atoms with Crippen molar-refractivity contribution >= 4 is 28.9 Å². The van der Waals surface area contributed by atoms with E-state index in [4.69, 9.17) is 4.74 Å². The molecule has 1 aliphatic heterocycles. The molecule has 2 aromatic carbocycles. The van der Waals surface area contributed by atoms with Crippen molar-refractivity contribution in [3.63, 3.8) is 0 Å². The van der Waals surface area contributed by atoms with Gasteiger partial charge in [-0.05, 0) is 36.4 Å². The highest BCUT2D eigenvalue weighted by Crippen LogP contribution is 2.28. The Morgan fingerprint density at radius 1 is 1.10 bits per heavy atom. The molecule has 2 aromatic rings. The molecule has 0 atom stereocenters. The molecule has 0 aromatic heterocycles. The quantitative estimate of drug-likeness (QED) is 0.578. The van der Waals surface area contributed by atoms with Crippen LogP contribution < -0.4 is 15.0 Å². The van der Waals surface area contributed by atoms with Gasteiger partial charge in [-0.15, -0.1) is 0 Å². The van der Waals surface area contributed by atoms with Gasteiger partial charge in [-0.25, -0.2) is 0 Å². The Morgan fingerprint density at radius 3 is 2.33 bits per heavy atom. The lowest BCUT2D eigenvalue weighted by Crippen LogP contribution is -2.48. The largest absolute Gasteiger partial charge is 0.490 e. The third-order valence-electron chi connectivity index (χ3n) is 5.06. The van der Waals surface area contributed by atoms with Gasteiger partial charge in [0.25, 0.3) is 5.91 Å². The number of rotatable bonds is 6.